The van der Waals surface area contributed by atoms with Gasteiger partial charge in [-0.1, -0.05) is 0 Å². The molecule has 4 nitrogen and oxygen atoms in total. The van der Waals surface area contributed by atoms with Crippen molar-refractivity contribution in [3.8, 4) is 11.5 Å². The summed E-state index contributed by atoms with van der Waals surface area (Å²) in [6, 6.07) is 5.32. The molecular weight excluding hydrogens is 390 g/mol. The first-order valence-electron chi connectivity index (χ1n) is 5.82. The third-order valence-corrected chi connectivity index (χ3v) is 3.96. The standard InChI is InChI=1S/C14H13Br2NO3/c1-17-4-3-9(7-17)12(18)8-20-14-6-10(15)13(19-2)5-11(14)16/h3-7H,8H2,1-2H3. The van der Waals surface area contributed by atoms with Crippen LogP contribution in [-0.4, -0.2) is 24.1 Å². The highest BCUT2D eigenvalue weighted by molar-refractivity contribution is 9.11. The maximum atomic E-state index is 12.0. The van der Waals surface area contributed by atoms with E-state index in [1.165, 1.54) is 0 Å². The molecule has 0 saturated heterocycles. The number of Topliss-reactive ketones (excluding diaryl/α,β-unsaturated/α-hetero) is 1. The predicted molar refractivity (Wildman–Crippen MR) is 83.6 cm³/mol. The summed E-state index contributed by atoms with van der Waals surface area (Å²) in [4.78, 5) is 12.0. The Morgan fingerprint density at radius 3 is 2.50 bits per heavy atom. The van der Waals surface area contributed by atoms with E-state index < -0.39 is 0 Å². The summed E-state index contributed by atoms with van der Waals surface area (Å²) in [6.07, 6.45) is 3.60. The Bertz CT molecular complexity index is 637. The number of ketones is 1. The van der Waals surface area contributed by atoms with Gasteiger partial charge in [-0.2, -0.15) is 0 Å². The van der Waals surface area contributed by atoms with E-state index in [4.69, 9.17) is 9.47 Å². The van der Waals surface area contributed by atoms with Crippen molar-refractivity contribution < 1.29 is 14.3 Å². The Balaban J connectivity index is 2.07. The molecule has 0 atom stereocenters. The molecule has 0 amide bonds. The molecular formula is C14H13Br2NO3. The first kappa shape index (κ1) is 15.1. The molecule has 0 unspecified atom stereocenters. The lowest BCUT2D eigenvalue weighted by Gasteiger charge is -2.10. The maximum Gasteiger partial charge on any atom is 0.201 e. The van der Waals surface area contributed by atoms with Crippen molar-refractivity contribution in [2.45, 2.75) is 0 Å². The summed E-state index contributed by atoms with van der Waals surface area (Å²) in [5.41, 5.74) is 0.635. The molecule has 2 rings (SSSR count). The minimum absolute atomic E-state index is 0.0125. The van der Waals surface area contributed by atoms with Crippen molar-refractivity contribution in [1.82, 2.24) is 4.57 Å². The zero-order valence-electron chi connectivity index (χ0n) is 11.0. The van der Waals surface area contributed by atoms with Gasteiger partial charge in [0.25, 0.3) is 0 Å². The smallest absolute Gasteiger partial charge is 0.201 e. The molecule has 1 aromatic carbocycles. The largest absolute Gasteiger partial charge is 0.496 e. The number of nitrogens with zero attached hydrogens (tertiary/aromatic N) is 1. The number of rotatable bonds is 5. The summed E-state index contributed by atoms with van der Waals surface area (Å²) in [6.45, 7) is -0.0125. The number of aromatic nitrogens is 1. The second kappa shape index (κ2) is 6.45. The number of aryl methyl sites for hydroxylation is 1. The van der Waals surface area contributed by atoms with E-state index >= 15 is 0 Å². The van der Waals surface area contributed by atoms with Gasteiger partial charge in [-0.3, -0.25) is 4.79 Å². The van der Waals surface area contributed by atoms with Crippen molar-refractivity contribution in [3.63, 3.8) is 0 Å². The van der Waals surface area contributed by atoms with E-state index in [2.05, 4.69) is 31.9 Å². The molecule has 6 heteroatoms. The number of carbonyl (C=O) groups excluding carboxylic acids is 1. The van der Waals surface area contributed by atoms with E-state index in [0.29, 0.717) is 17.1 Å². The lowest BCUT2D eigenvalue weighted by Crippen LogP contribution is -2.11. The molecule has 1 aromatic heterocycles. The average molecular weight is 403 g/mol. The fourth-order valence-electron chi connectivity index (χ4n) is 1.67. The molecule has 106 valence electrons. The van der Waals surface area contributed by atoms with E-state index in [9.17, 15) is 4.79 Å². The molecule has 0 bridgehead atoms. The molecule has 0 aliphatic heterocycles. The van der Waals surface area contributed by atoms with Crippen LogP contribution in [0.5, 0.6) is 11.5 Å². The van der Waals surface area contributed by atoms with Crippen molar-refractivity contribution in [1.29, 1.82) is 0 Å². The van der Waals surface area contributed by atoms with Gasteiger partial charge in [-0.05, 0) is 50.1 Å². The highest BCUT2D eigenvalue weighted by atomic mass is 79.9. The minimum atomic E-state index is -0.0653. The van der Waals surface area contributed by atoms with Crippen LogP contribution in [-0.2, 0) is 7.05 Å². The number of hydrogen-bond donors (Lipinski definition) is 0. The fourth-order valence-corrected chi connectivity index (χ4v) is 2.59. The fraction of sp³-hybridized carbons (Fsp3) is 0.214. The van der Waals surface area contributed by atoms with Crippen molar-refractivity contribution in [2.24, 2.45) is 7.05 Å². The van der Waals surface area contributed by atoms with Crippen LogP contribution in [0.3, 0.4) is 0 Å². The Labute approximate surface area is 133 Å². The van der Waals surface area contributed by atoms with E-state index in [1.807, 2.05) is 17.8 Å². The Morgan fingerprint density at radius 2 is 1.90 bits per heavy atom. The maximum absolute atomic E-state index is 12.0. The third kappa shape index (κ3) is 3.43. The summed E-state index contributed by atoms with van der Waals surface area (Å²) in [7, 11) is 3.46. The molecule has 0 aliphatic rings. The Morgan fingerprint density at radius 1 is 1.25 bits per heavy atom. The van der Waals surface area contributed by atoms with Crippen LogP contribution in [0.15, 0.2) is 39.5 Å². The van der Waals surface area contributed by atoms with Crippen molar-refractivity contribution in [2.75, 3.05) is 13.7 Å². The topological polar surface area (TPSA) is 40.5 Å². The zero-order valence-corrected chi connectivity index (χ0v) is 14.2. The summed E-state index contributed by atoms with van der Waals surface area (Å²) < 4.78 is 14.1. The first-order valence-corrected chi connectivity index (χ1v) is 7.41. The lowest BCUT2D eigenvalue weighted by molar-refractivity contribution is 0.0921. The average Bonchev–Trinajstić information content (AvgIpc) is 2.85. The van der Waals surface area contributed by atoms with Crippen LogP contribution < -0.4 is 9.47 Å². The number of methoxy groups -OCH3 is 1. The zero-order chi connectivity index (χ0) is 14.7. The first-order chi connectivity index (χ1) is 9.51. The quantitative estimate of drug-likeness (QED) is 0.713. The van der Waals surface area contributed by atoms with E-state index in [-0.39, 0.29) is 12.4 Å². The van der Waals surface area contributed by atoms with Crippen molar-refractivity contribution in [3.05, 3.63) is 45.1 Å². The molecule has 0 fully saturated rings. The number of hydrogen-bond acceptors (Lipinski definition) is 3. The van der Waals surface area contributed by atoms with Crippen molar-refractivity contribution >= 4 is 37.6 Å². The van der Waals surface area contributed by atoms with E-state index in [0.717, 1.165) is 8.95 Å². The molecule has 0 N–H and O–H groups in total. The second-order valence-electron chi connectivity index (χ2n) is 4.19. The van der Waals surface area contributed by atoms with Gasteiger partial charge in [0.05, 0.1) is 16.1 Å². The van der Waals surface area contributed by atoms with Gasteiger partial charge in [-0.25, -0.2) is 0 Å². The van der Waals surface area contributed by atoms with Crippen LogP contribution in [0.4, 0.5) is 0 Å². The van der Waals surface area contributed by atoms with Gasteiger partial charge < -0.3 is 14.0 Å². The van der Waals surface area contributed by atoms with Crippen LogP contribution in [0, 0.1) is 0 Å². The number of benzene rings is 1. The molecule has 1 heterocycles. The van der Waals surface area contributed by atoms with Gasteiger partial charge in [0, 0.05) is 25.0 Å². The molecule has 0 spiro atoms. The lowest BCUT2D eigenvalue weighted by atomic mass is 10.2. The van der Waals surface area contributed by atoms with Gasteiger partial charge in [0.1, 0.15) is 11.5 Å². The van der Waals surface area contributed by atoms with Gasteiger partial charge in [0.2, 0.25) is 5.78 Å². The van der Waals surface area contributed by atoms with Crippen LogP contribution in [0.25, 0.3) is 0 Å². The highest BCUT2D eigenvalue weighted by Gasteiger charge is 2.12. The summed E-state index contributed by atoms with van der Waals surface area (Å²) >= 11 is 6.77. The molecule has 0 saturated carbocycles. The van der Waals surface area contributed by atoms with Gasteiger partial charge in [-0.15, -0.1) is 0 Å². The predicted octanol–water partition coefficient (Wildman–Crippen LogP) is 3.82. The Hall–Kier alpha value is -1.27. The second-order valence-corrected chi connectivity index (χ2v) is 5.90. The molecule has 20 heavy (non-hydrogen) atoms. The molecule has 0 aliphatic carbocycles. The van der Waals surface area contributed by atoms with Crippen LogP contribution in [0.1, 0.15) is 10.4 Å². The number of carbonyl (C=O) groups is 1. The number of ether oxygens (including phenoxy) is 2. The van der Waals surface area contributed by atoms with Crippen LogP contribution >= 0.6 is 31.9 Å². The number of halogens is 2. The normalized spacial score (nSPS) is 10.4. The van der Waals surface area contributed by atoms with E-state index in [1.54, 1.807) is 31.5 Å². The van der Waals surface area contributed by atoms with Crippen LogP contribution in [0.2, 0.25) is 0 Å². The monoisotopic (exact) mass is 401 g/mol. The van der Waals surface area contributed by atoms with Gasteiger partial charge >= 0.3 is 0 Å². The highest BCUT2D eigenvalue weighted by Crippen LogP contribution is 2.36. The molecule has 0 radical (unpaired) electrons. The SMILES string of the molecule is COc1cc(Br)c(OCC(=O)c2ccn(C)c2)cc1Br. The molecule has 2 aromatic rings. The van der Waals surface area contributed by atoms with Gasteiger partial charge in [0.15, 0.2) is 6.61 Å². The minimum Gasteiger partial charge on any atom is -0.496 e. The third-order valence-electron chi connectivity index (χ3n) is 2.72. The Kier molecular flexibility index (Phi) is 4.88. The summed E-state index contributed by atoms with van der Waals surface area (Å²) in [5, 5.41) is 0. The summed E-state index contributed by atoms with van der Waals surface area (Å²) in [5.74, 6) is 1.21.